The van der Waals surface area contributed by atoms with Crippen molar-refractivity contribution in [3.63, 3.8) is 0 Å². The Morgan fingerprint density at radius 1 is 1.05 bits per heavy atom. The topological polar surface area (TPSA) is 44.4 Å². The molecule has 0 N–H and O–H groups in total. The standard InChI is InChI=1S/C18H19NO3/c1-14-8-10-15(11-9-14)21-13-5-4-12-19-16-6-2-3-7-17(16)22-18(19)20/h2-3,6-11H,4-5,12-13H2,1H3. The number of aryl methyl sites for hydroxylation is 2. The number of unbranched alkanes of at least 4 members (excludes halogenated alkanes) is 1. The molecule has 1 heterocycles. The second kappa shape index (κ2) is 6.52. The van der Waals surface area contributed by atoms with E-state index in [9.17, 15) is 4.79 Å². The van der Waals surface area contributed by atoms with Gasteiger partial charge in [-0.2, -0.15) is 0 Å². The average Bonchev–Trinajstić information content (AvgIpc) is 2.85. The zero-order chi connectivity index (χ0) is 15.4. The Bertz CT molecular complexity index is 799. The molecule has 4 nitrogen and oxygen atoms in total. The van der Waals surface area contributed by atoms with Crippen molar-refractivity contribution < 1.29 is 9.15 Å². The lowest BCUT2D eigenvalue weighted by molar-refractivity contribution is 0.302. The van der Waals surface area contributed by atoms with Crippen LogP contribution >= 0.6 is 0 Å². The zero-order valence-electron chi connectivity index (χ0n) is 12.6. The van der Waals surface area contributed by atoms with Crippen LogP contribution < -0.4 is 10.5 Å². The Kier molecular flexibility index (Phi) is 4.28. The lowest BCUT2D eigenvalue weighted by Gasteiger charge is -2.06. The highest BCUT2D eigenvalue weighted by Gasteiger charge is 2.07. The largest absolute Gasteiger partial charge is 0.494 e. The molecule has 0 amide bonds. The Balaban J connectivity index is 1.51. The van der Waals surface area contributed by atoms with Gasteiger partial charge >= 0.3 is 5.76 Å². The zero-order valence-corrected chi connectivity index (χ0v) is 12.6. The maximum atomic E-state index is 11.8. The number of para-hydroxylation sites is 2. The number of aromatic nitrogens is 1. The summed E-state index contributed by atoms with van der Waals surface area (Å²) in [6.45, 7) is 3.34. The fraction of sp³-hybridized carbons (Fsp3) is 0.278. The SMILES string of the molecule is Cc1ccc(OCCCCn2c(=O)oc3ccccc32)cc1. The lowest BCUT2D eigenvalue weighted by atomic mass is 10.2. The fourth-order valence-electron chi connectivity index (χ4n) is 2.42. The van der Waals surface area contributed by atoms with Crippen LogP contribution in [0.5, 0.6) is 5.75 Å². The van der Waals surface area contributed by atoms with Crippen molar-refractivity contribution in [1.82, 2.24) is 4.57 Å². The number of hydrogen-bond acceptors (Lipinski definition) is 3. The van der Waals surface area contributed by atoms with Crippen LogP contribution in [0, 0.1) is 6.92 Å². The minimum absolute atomic E-state index is 0.291. The van der Waals surface area contributed by atoms with Gasteiger partial charge in [0.1, 0.15) is 5.75 Å². The number of rotatable bonds is 6. The van der Waals surface area contributed by atoms with E-state index in [0.29, 0.717) is 18.7 Å². The second-order valence-electron chi connectivity index (χ2n) is 5.36. The van der Waals surface area contributed by atoms with Gasteiger partial charge in [0, 0.05) is 6.54 Å². The van der Waals surface area contributed by atoms with E-state index >= 15 is 0 Å². The van der Waals surface area contributed by atoms with Gasteiger partial charge in [-0.15, -0.1) is 0 Å². The predicted octanol–water partition coefficient (Wildman–Crippen LogP) is 3.76. The average molecular weight is 297 g/mol. The summed E-state index contributed by atoms with van der Waals surface area (Å²) >= 11 is 0. The van der Waals surface area contributed by atoms with Gasteiger partial charge in [0.25, 0.3) is 0 Å². The van der Waals surface area contributed by atoms with Crippen LogP contribution in [0.15, 0.2) is 57.7 Å². The number of ether oxygens (including phenoxy) is 1. The van der Waals surface area contributed by atoms with E-state index in [-0.39, 0.29) is 5.76 Å². The second-order valence-corrected chi connectivity index (χ2v) is 5.36. The summed E-state index contributed by atoms with van der Waals surface area (Å²) in [7, 11) is 0. The molecule has 22 heavy (non-hydrogen) atoms. The van der Waals surface area contributed by atoms with Crippen LogP contribution in [0.3, 0.4) is 0 Å². The summed E-state index contributed by atoms with van der Waals surface area (Å²) in [4.78, 5) is 11.8. The minimum atomic E-state index is -0.291. The van der Waals surface area contributed by atoms with Crippen molar-refractivity contribution >= 4 is 11.1 Å². The maximum absolute atomic E-state index is 11.8. The molecule has 0 radical (unpaired) electrons. The first-order valence-electron chi connectivity index (χ1n) is 7.52. The van der Waals surface area contributed by atoms with Crippen molar-refractivity contribution in [2.24, 2.45) is 0 Å². The minimum Gasteiger partial charge on any atom is -0.494 e. The highest BCUT2D eigenvalue weighted by atomic mass is 16.5. The molecule has 0 unspecified atom stereocenters. The molecule has 0 atom stereocenters. The molecule has 0 aliphatic rings. The third-order valence-corrected chi connectivity index (χ3v) is 3.64. The van der Waals surface area contributed by atoms with Crippen LogP contribution in [0.4, 0.5) is 0 Å². The Labute approximate surface area is 128 Å². The van der Waals surface area contributed by atoms with E-state index in [0.717, 1.165) is 24.1 Å². The number of benzene rings is 2. The van der Waals surface area contributed by atoms with E-state index in [1.165, 1.54) is 5.56 Å². The summed E-state index contributed by atoms with van der Waals surface area (Å²) in [5.74, 6) is 0.595. The molecule has 0 bridgehead atoms. The Hall–Kier alpha value is -2.49. The smallest absolute Gasteiger partial charge is 0.419 e. The Morgan fingerprint density at radius 2 is 1.82 bits per heavy atom. The predicted molar refractivity (Wildman–Crippen MR) is 86.4 cm³/mol. The van der Waals surface area contributed by atoms with Gasteiger partial charge in [-0.1, -0.05) is 29.8 Å². The quantitative estimate of drug-likeness (QED) is 0.651. The highest BCUT2D eigenvalue weighted by molar-refractivity contribution is 5.72. The molecule has 114 valence electrons. The molecule has 3 aromatic rings. The van der Waals surface area contributed by atoms with Crippen LogP contribution in [0.25, 0.3) is 11.1 Å². The van der Waals surface area contributed by atoms with E-state index in [1.54, 1.807) is 4.57 Å². The van der Waals surface area contributed by atoms with E-state index < -0.39 is 0 Å². The molecule has 0 spiro atoms. The summed E-state index contributed by atoms with van der Waals surface area (Å²) < 4.78 is 12.6. The van der Waals surface area contributed by atoms with Gasteiger partial charge in [0.05, 0.1) is 12.1 Å². The van der Waals surface area contributed by atoms with Crippen LogP contribution in [0.2, 0.25) is 0 Å². The van der Waals surface area contributed by atoms with E-state index in [4.69, 9.17) is 9.15 Å². The van der Waals surface area contributed by atoms with Gasteiger partial charge in [0.15, 0.2) is 5.58 Å². The third kappa shape index (κ3) is 3.22. The normalized spacial score (nSPS) is 11.0. The van der Waals surface area contributed by atoms with Crippen molar-refractivity contribution in [2.75, 3.05) is 6.61 Å². The maximum Gasteiger partial charge on any atom is 0.419 e. The number of nitrogens with zero attached hydrogens (tertiary/aromatic N) is 1. The monoisotopic (exact) mass is 297 g/mol. The van der Waals surface area contributed by atoms with Gasteiger partial charge in [0.2, 0.25) is 0 Å². The van der Waals surface area contributed by atoms with Gasteiger partial charge in [-0.25, -0.2) is 4.79 Å². The molecule has 4 heteroatoms. The van der Waals surface area contributed by atoms with Crippen molar-refractivity contribution in [2.45, 2.75) is 26.3 Å². The lowest BCUT2D eigenvalue weighted by Crippen LogP contribution is -2.14. The van der Waals surface area contributed by atoms with E-state index in [1.807, 2.05) is 48.5 Å². The van der Waals surface area contributed by atoms with E-state index in [2.05, 4.69) is 6.92 Å². The summed E-state index contributed by atoms with van der Waals surface area (Å²) in [6.07, 6.45) is 1.76. The number of hydrogen-bond donors (Lipinski definition) is 0. The van der Waals surface area contributed by atoms with Crippen LogP contribution in [0.1, 0.15) is 18.4 Å². The molecule has 0 saturated heterocycles. The first-order valence-corrected chi connectivity index (χ1v) is 7.52. The molecular formula is C18H19NO3. The van der Waals surface area contributed by atoms with Gasteiger partial charge < -0.3 is 9.15 Å². The molecule has 0 aliphatic heterocycles. The van der Waals surface area contributed by atoms with Crippen LogP contribution in [-0.2, 0) is 6.54 Å². The summed E-state index contributed by atoms with van der Waals surface area (Å²) in [5, 5.41) is 0. The molecule has 1 aromatic heterocycles. The Morgan fingerprint density at radius 3 is 2.64 bits per heavy atom. The highest BCUT2D eigenvalue weighted by Crippen LogP contribution is 2.14. The van der Waals surface area contributed by atoms with Gasteiger partial charge in [-0.05, 0) is 44.0 Å². The summed E-state index contributed by atoms with van der Waals surface area (Å²) in [6, 6.07) is 15.5. The van der Waals surface area contributed by atoms with Crippen LogP contribution in [-0.4, -0.2) is 11.2 Å². The first-order chi connectivity index (χ1) is 10.7. The van der Waals surface area contributed by atoms with Crippen molar-refractivity contribution in [1.29, 1.82) is 0 Å². The molecule has 3 rings (SSSR count). The molecule has 0 saturated carbocycles. The molecule has 0 fully saturated rings. The van der Waals surface area contributed by atoms with Gasteiger partial charge in [-0.3, -0.25) is 4.57 Å². The molecule has 0 aliphatic carbocycles. The van der Waals surface area contributed by atoms with Crippen molar-refractivity contribution in [3.8, 4) is 5.75 Å². The third-order valence-electron chi connectivity index (χ3n) is 3.64. The molecular weight excluding hydrogens is 278 g/mol. The first kappa shape index (κ1) is 14.4. The van der Waals surface area contributed by atoms with Crippen molar-refractivity contribution in [3.05, 3.63) is 64.6 Å². The summed E-state index contributed by atoms with van der Waals surface area (Å²) in [5.41, 5.74) is 2.72. The number of oxazole rings is 1. The fourth-order valence-corrected chi connectivity index (χ4v) is 2.42. The number of fused-ring (bicyclic) bond motifs is 1. The molecule has 2 aromatic carbocycles.